The van der Waals surface area contributed by atoms with Crippen LogP contribution in [0.1, 0.15) is 33.6 Å². The van der Waals surface area contributed by atoms with E-state index in [-0.39, 0.29) is 12.1 Å². The van der Waals surface area contributed by atoms with Crippen molar-refractivity contribution in [2.45, 2.75) is 39.7 Å². The van der Waals surface area contributed by atoms with Crippen LogP contribution in [0.5, 0.6) is 0 Å². The van der Waals surface area contributed by atoms with Crippen molar-refractivity contribution in [1.82, 2.24) is 4.90 Å². The van der Waals surface area contributed by atoms with Gasteiger partial charge in [0.25, 0.3) is 0 Å². The maximum atomic E-state index is 11.3. The average molecular weight is 260 g/mol. The lowest BCUT2D eigenvalue weighted by atomic mass is 10.2. The van der Waals surface area contributed by atoms with Gasteiger partial charge in [-0.1, -0.05) is 13.8 Å². The fourth-order valence-corrected chi connectivity index (χ4v) is 1.83. The van der Waals surface area contributed by atoms with E-state index >= 15 is 0 Å². The van der Waals surface area contributed by atoms with Crippen LogP contribution < -0.4 is 5.73 Å². The SMILES string of the molecule is CC.CCOC(=O)CC1CN(CCCN)CCO1. The number of hydrogen-bond donors (Lipinski definition) is 1. The summed E-state index contributed by atoms with van der Waals surface area (Å²) in [4.78, 5) is 13.6. The van der Waals surface area contributed by atoms with Crippen molar-refractivity contribution in [2.75, 3.05) is 39.4 Å². The molecule has 0 aliphatic carbocycles. The average Bonchev–Trinajstić information content (AvgIpc) is 2.39. The second-order valence-electron chi connectivity index (χ2n) is 3.94. The van der Waals surface area contributed by atoms with Crippen molar-refractivity contribution in [3.63, 3.8) is 0 Å². The molecule has 0 aromatic carbocycles. The first-order chi connectivity index (χ1) is 8.76. The topological polar surface area (TPSA) is 64.8 Å². The number of morpholine rings is 1. The van der Waals surface area contributed by atoms with Gasteiger partial charge in [-0.3, -0.25) is 9.69 Å². The Kier molecular flexibility index (Phi) is 11.0. The Hall–Kier alpha value is -0.650. The summed E-state index contributed by atoms with van der Waals surface area (Å²) in [5.41, 5.74) is 5.47. The van der Waals surface area contributed by atoms with E-state index in [1.165, 1.54) is 0 Å². The Morgan fingerprint density at radius 1 is 1.50 bits per heavy atom. The highest BCUT2D eigenvalue weighted by atomic mass is 16.5. The first kappa shape index (κ1) is 17.4. The molecule has 1 atom stereocenters. The molecule has 0 radical (unpaired) electrons. The minimum absolute atomic E-state index is 0.0226. The highest BCUT2D eigenvalue weighted by molar-refractivity contribution is 5.69. The lowest BCUT2D eigenvalue weighted by molar-refractivity contribution is -0.148. The summed E-state index contributed by atoms with van der Waals surface area (Å²) in [5, 5.41) is 0. The molecule has 5 heteroatoms. The van der Waals surface area contributed by atoms with Crippen molar-refractivity contribution in [1.29, 1.82) is 0 Å². The van der Waals surface area contributed by atoms with Crippen LogP contribution in [0.25, 0.3) is 0 Å². The van der Waals surface area contributed by atoms with Gasteiger partial charge in [0.2, 0.25) is 0 Å². The van der Waals surface area contributed by atoms with E-state index in [4.69, 9.17) is 15.2 Å². The van der Waals surface area contributed by atoms with Crippen molar-refractivity contribution >= 4 is 5.97 Å². The number of carbonyl (C=O) groups is 1. The van der Waals surface area contributed by atoms with Crippen LogP contribution in [0.3, 0.4) is 0 Å². The van der Waals surface area contributed by atoms with E-state index in [0.717, 1.165) is 26.1 Å². The van der Waals surface area contributed by atoms with Gasteiger partial charge in [-0.25, -0.2) is 0 Å². The standard InChI is InChI=1S/C11H22N2O3.C2H6/c1-2-15-11(14)8-10-9-13(5-3-4-12)6-7-16-10;1-2/h10H,2-9,12H2,1H3;1-2H3. The maximum Gasteiger partial charge on any atom is 0.308 e. The Morgan fingerprint density at radius 3 is 2.83 bits per heavy atom. The largest absolute Gasteiger partial charge is 0.466 e. The molecule has 2 N–H and O–H groups in total. The number of rotatable bonds is 6. The maximum absolute atomic E-state index is 11.3. The van der Waals surface area contributed by atoms with E-state index < -0.39 is 0 Å². The van der Waals surface area contributed by atoms with Crippen molar-refractivity contribution in [2.24, 2.45) is 5.73 Å². The third-order valence-electron chi connectivity index (χ3n) is 2.60. The Balaban J connectivity index is 0.00000137. The van der Waals surface area contributed by atoms with Gasteiger partial charge in [0, 0.05) is 13.1 Å². The van der Waals surface area contributed by atoms with Crippen LogP contribution >= 0.6 is 0 Å². The third kappa shape index (κ3) is 7.63. The van der Waals surface area contributed by atoms with Crippen LogP contribution in [0.2, 0.25) is 0 Å². The van der Waals surface area contributed by atoms with Crippen LogP contribution in [0.15, 0.2) is 0 Å². The molecule has 1 unspecified atom stereocenters. The summed E-state index contributed by atoms with van der Waals surface area (Å²) >= 11 is 0. The van der Waals surface area contributed by atoms with Gasteiger partial charge in [0.05, 0.1) is 25.7 Å². The molecular formula is C13H28N2O3. The Morgan fingerprint density at radius 2 is 2.22 bits per heavy atom. The van der Waals surface area contributed by atoms with E-state index in [1.54, 1.807) is 0 Å². The summed E-state index contributed by atoms with van der Waals surface area (Å²) in [6.07, 6.45) is 1.32. The number of ether oxygens (including phenoxy) is 2. The smallest absolute Gasteiger partial charge is 0.308 e. The van der Waals surface area contributed by atoms with Crippen molar-refractivity contribution in [3.8, 4) is 0 Å². The molecule has 1 saturated heterocycles. The summed E-state index contributed by atoms with van der Waals surface area (Å²) in [6, 6.07) is 0. The lowest BCUT2D eigenvalue weighted by Crippen LogP contribution is -2.44. The summed E-state index contributed by atoms with van der Waals surface area (Å²) < 4.78 is 10.4. The zero-order valence-electron chi connectivity index (χ0n) is 12.0. The van der Waals surface area contributed by atoms with E-state index in [9.17, 15) is 4.79 Å². The van der Waals surface area contributed by atoms with Crippen LogP contribution in [0.4, 0.5) is 0 Å². The zero-order chi connectivity index (χ0) is 13.8. The predicted molar refractivity (Wildman–Crippen MR) is 72.4 cm³/mol. The van der Waals surface area contributed by atoms with E-state index in [0.29, 0.717) is 26.2 Å². The van der Waals surface area contributed by atoms with Gasteiger partial charge < -0.3 is 15.2 Å². The fraction of sp³-hybridized carbons (Fsp3) is 0.923. The molecule has 1 rings (SSSR count). The van der Waals surface area contributed by atoms with Crippen molar-refractivity contribution in [3.05, 3.63) is 0 Å². The van der Waals surface area contributed by atoms with E-state index in [1.807, 2.05) is 20.8 Å². The van der Waals surface area contributed by atoms with Gasteiger partial charge in [-0.15, -0.1) is 0 Å². The highest BCUT2D eigenvalue weighted by Gasteiger charge is 2.22. The monoisotopic (exact) mass is 260 g/mol. The second-order valence-corrected chi connectivity index (χ2v) is 3.94. The molecule has 1 heterocycles. The Labute approximate surface area is 111 Å². The minimum Gasteiger partial charge on any atom is -0.466 e. The quantitative estimate of drug-likeness (QED) is 0.722. The molecule has 18 heavy (non-hydrogen) atoms. The van der Waals surface area contributed by atoms with Crippen molar-refractivity contribution < 1.29 is 14.3 Å². The molecule has 1 aliphatic heterocycles. The number of nitrogens with zero attached hydrogens (tertiary/aromatic N) is 1. The first-order valence-electron chi connectivity index (χ1n) is 6.96. The molecule has 0 aromatic rings. The molecule has 0 spiro atoms. The second kappa shape index (κ2) is 11.4. The molecule has 1 fully saturated rings. The minimum atomic E-state index is -0.173. The number of carbonyl (C=O) groups excluding carboxylic acids is 1. The molecule has 5 nitrogen and oxygen atoms in total. The lowest BCUT2D eigenvalue weighted by Gasteiger charge is -2.32. The van der Waals surface area contributed by atoms with Crippen LogP contribution in [-0.4, -0.2) is 56.4 Å². The fourth-order valence-electron chi connectivity index (χ4n) is 1.83. The normalized spacial score (nSPS) is 19.9. The van der Waals surface area contributed by atoms with E-state index in [2.05, 4.69) is 4.90 Å². The van der Waals surface area contributed by atoms with Gasteiger partial charge in [-0.2, -0.15) is 0 Å². The number of hydrogen-bond acceptors (Lipinski definition) is 5. The molecule has 0 saturated carbocycles. The predicted octanol–water partition coefficient (Wildman–Crippen LogP) is 1.02. The molecule has 0 bridgehead atoms. The first-order valence-corrected chi connectivity index (χ1v) is 6.96. The molecule has 0 amide bonds. The van der Waals surface area contributed by atoms with Gasteiger partial charge in [-0.05, 0) is 26.4 Å². The Bertz CT molecular complexity index is 212. The number of nitrogens with two attached hydrogens (primary N) is 1. The molecule has 0 aromatic heterocycles. The highest BCUT2D eigenvalue weighted by Crippen LogP contribution is 2.09. The zero-order valence-corrected chi connectivity index (χ0v) is 12.0. The van der Waals surface area contributed by atoms with Crippen LogP contribution in [0, 0.1) is 0 Å². The summed E-state index contributed by atoms with van der Waals surface area (Å²) in [7, 11) is 0. The third-order valence-corrected chi connectivity index (χ3v) is 2.60. The summed E-state index contributed by atoms with van der Waals surface area (Å²) in [5.74, 6) is -0.173. The van der Waals surface area contributed by atoms with Gasteiger partial charge in [0.15, 0.2) is 0 Å². The van der Waals surface area contributed by atoms with Gasteiger partial charge in [0.1, 0.15) is 0 Å². The molecular weight excluding hydrogens is 232 g/mol. The van der Waals surface area contributed by atoms with Crippen LogP contribution in [-0.2, 0) is 14.3 Å². The number of esters is 1. The summed E-state index contributed by atoms with van der Waals surface area (Å²) in [6.45, 7) is 10.4. The molecule has 108 valence electrons. The van der Waals surface area contributed by atoms with Gasteiger partial charge >= 0.3 is 5.97 Å². The molecule has 1 aliphatic rings.